The van der Waals surface area contributed by atoms with Crippen LogP contribution in [0.25, 0.3) is 0 Å². The van der Waals surface area contributed by atoms with Crippen LogP contribution in [0.2, 0.25) is 0 Å². The van der Waals surface area contributed by atoms with Gasteiger partial charge >= 0.3 is 0 Å². The molecule has 10 nitrogen and oxygen atoms in total. The van der Waals surface area contributed by atoms with E-state index in [2.05, 4.69) is 31.4 Å². The second-order valence-electron chi connectivity index (χ2n) is 11.5. The van der Waals surface area contributed by atoms with E-state index in [1.807, 2.05) is 29.2 Å². The average Bonchev–Trinajstić information content (AvgIpc) is 3.35. The van der Waals surface area contributed by atoms with E-state index in [1.165, 1.54) is 18.3 Å². The molecule has 3 aliphatic rings. The van der Waals surface area contributed by atoms with E-state index in [0.717, 1.165) is 67.7 Å². The molecule has 1 aromatic carbocycles. The van der Waals surface area contributed by atoms with Crippen LogP contribution in [-0.4, -0.2) is 74.1 Å². The summed E-state index contributed by atoms with van der Waals surface area (Å²) in [5.41, 5.74) is 9.32. The molecule has 1 aromatic heterocycles. The zero-order valence-electron chi connectivity index (χ0n) is 24.5. The minimum Gasteiger partial charge on any atom is -0.405 e. The van der Waals surface area contributed by atoms with Crippen molar-refractivity contribution in [2.75, 3.05) is 49.2 Å². The van der Waals surface area contributed by atoms with Crippen molar-refractivity contribution in [3.63, 3.8) is 0 Å². The van der Waals surface area contributed by atoms with Gasteiger partial charge in [0.25, 0.3) is 0 Å². The third-order valence-electron chi connectivity index (χ3n) is 8.27. The number of likely N-dealkylation sites (tertiary alicyclic amines) is 2. The van der Waals surface area contributed by atoms with Gasteiger partial charge in [0.15, 0.2) is 0 Å². The number of halogens is 1. The molecule has 230 valence electrons. The van der Waals surface area contributed by atoms with Crippen molar-refractivity contribution in [2.24, 2.45) is 11.7 Å². The lowest BCUT2D eigenvalue weighted by molar-refractivity contribution is -0.138. The van der Waals surface area contributed by atoms with Crippen LogP contribution in [0.1, 0.15) is 37.5 Å². The minimum absolute atomic E-state index is 0.0226. The number of sulfonamides is 1. The number of hydrogen-bond donors (Lipinski definition) is 3. The lowest BCUT2D eigenvalue weighted by atomic mass is 9.93. The molecule has 2 saturated heterocycles. The number of piperidine rings is 2. The number of nitrogens with one attached hydrogen (secondary N) is 2. The normalized spacial score (nSPS) is 20.7. The molecule has 1 unspecified atom stereocenters. The van der Waals surface area contributed by atoms with Crippen molar-refractivity contribution in [2.45, 2.75) is 37.9 Å². The van der Waals surface area contributed by atoms with Crippen LogP contribution in [0.15, 0.2) is 78.8 Å². The molecule has 43 heavy (non-hydrogen) atoms. The van der Waals surface area contributed by atoms with Gasteiger partial charge in [-0.25, -0.2) is 12.8 Å². The zero-order chi connectivity index (χ0) is 30.6. The Morgan fingerprint density at radius 1 is 1.16 bits per heavy atom. The van der Waals surface area contributed by atoms with Gasteiger partial charge in [-0.15, -0.1) is 0 Å². The Labute approximate surface area is 253 Å². The summed E-state index contributed by atoms with van der Waals surface area (Å²) >= 11 is 0. The molecular weight excluding hydrogens is 569 g/mol. The third-order valence-corrected chi connectivity index (χ3v) is 8.91. The number of pyridine rings is 1. The van der Waals surface area contributed by atoms with Gasteiger partial charge in [-0.2, -0.15) is 0 Å². The summed E-state index contributed by atoms with van der Waals surface area (Å²) in [7, 11) is -3.41. The van der Waals surface area contributed by atoms with Gasteiger partial charge < -0.3 is 20.9 Å². The summed E-state index contributed by atoms with van der Waals surface area (Å²) in [4.78, 5) is 24.6. The van der Waals surface area contributed by atoms with Crippen LogP contribution in [-0.2, 0) is 14.8 Å². The highest BCUT2D eigenvalue weighted by molar-refractivity contribution is 7.88. The fourth-order valence-electron chi connectivity index (χ4n) is 6.35. The van der Waals surface area contributed by atoms with E-state index in [1.54, 1.807) is 18.3 Å². The van der Waals surface area contributed by atoms with Gasteiger partial charge in [0.1, 0.15) is 12.0 Å². The monoisotopic (exact) mass is 609 g/mol. The van der Waals surface area contributed by atoms with Gasteiger partial charge in [-0.05, 0) is 93.0 Å². The second kappa shape index (κ2) is 13.2. The standard InChI is InChI=1S/C31H40FN7O3S/c1-22(36-43(2,41)42)19-23(8-13-33)21-37-15-9-24(10-16-37)31(40)38-17-11-26(12-18-38)39-29-7-6-25(32)20-28(29)35-30(39)27-5-3-4-14-34-27/h3-8,13-14,19-20,24,26,30,35-36H,1,9-12,15-18,21,33H2,2H3/b13-8-,23-19+. The SMILES string of the molecule is C=C(/C=C(\C=C/N)CN1CCC(C(=O)N2CCC(N3c4ccc(F)cc4NC3c3ccccn3)CC2)CC1)NS(C)(=O)=O. The number of amides is 1. The number of benzene rings is 1. The summed E-state index contributed by atoms with van der Waals surface area (Å²) in [5, 5.41) is 3.46. The highest BCUT2D eigenvalue weighted by Gasteiger charge is 2.39. The molecule has 4 N–H and O–H groups in total. The number of nitrogens with two attached hydrogens (primary N) is 1. The minimum atomic E-state index is -3.41. The summed E-state index contributed by atoms with van der Waals surface area (Å²) in [5.74, 6) is -0.0906. The lowest BCUT2D eigenvalue weighted by Gasteiger charge is -2.42. The Morgan fingerprint density at radius 3 is 2.56 bits per heavy atom. The number of allylic oxidation sites excluding steroid dienone is 1. The number of rotatable bonds is 9. The molecular formula is C31H40FN7O3S. The predicted molar refractivity (Wildman–Crippen MR) is 167 cm³/mol. The first kappa shape index (κ1) is 30.6. The number of hydrogen-bond acceptors (Lipinski definition) is 8. The van der Waals surface area contributed by atoms with E-state index in [-0.39, 0.29) is 35.5 Å². The van der Waals surface area contributed by atoms with Crippen molar-refractivity contribution in [1.82, 2.24) is 19.5 Å². The van der Waals surface area contributed by atoms with Crippen molar-refractivity contribution < 1.29 is 17.6 Å². The largest absolute Gasteiger partial charge is 0.405 e. The summed E-state index contributed by atoms with van der Waals surface area (Å²) in [6.45, 7) is 7.22. The Bertz CT molecular complexity index is 1480. The molecule has 0 radical (unpaired) electrons. The lowest BCUT2D eigenvalue weighted by Crippen LogP contribution is -2.50. The number of carbonyl (C=O) groups excluding carboxylic acids is 1. The molecule has 2 aromatic rings. The van der Waals surface area contributed by atoms with Gasteiger partial charge in [-0.1, -0.05) is 12.6 Å². The summed E-state index contributed by atoms with van der Waals surface area (Å²) < 4.78 is 39.4. The number of carbonyl (C=O) groups is 1. The molecule has 0 bridgehead atoms. The summed E-state index contributed by atoms with van der Waals surface area (Å²) in [6.07, 6.45) is 10.6. The number of aromatic nitrogens is 1. The topological polar surface area (TPSA) is 124 Å². The van der Waals surface area contributed by atoms with Crippen LogP contribution in [0, 0.1) is 11.7 Å². The van der Waals surface area contributed by atoms with Gasteiger partial charge in [-0.3, -0.25) is 19.4 Å². The van der Waals surface area contributed by atoms with Gasteiger partial charge in [0.05, 0.1) is 23.3 Å². The molecule has 12 heteroatoms. The van der Waals surface area contributed by atoms with Gasteiger partial charge in [0, 0.05) is 43.5 Å². The van der Waals surface area contributed by atoms with Crippen LogP contribution < -0.4 is 20.7 Å². The number of nitrogens with zero attached hydrogens (tertiary/aromatic N) is 4. The molecule has 2 fully saturated rings. The molecule has 0 aliphatic carbocycles. The first-order valence-corrected chi connectivity index (χ1v) is 16.5. The van der Waals surface area contributed by atoms with Crippen molar-refractivity contribution in [3.8, 4) is 0 Å². The van der Waals surface area contributed by atoms with E-state index >= 15 is 0 Å². The molecule has 5 rings (SSSR count). The third kappa shape index (κ3) is 7.55. The van der Waals surface area contributed by atoms with Crippen LogP contribution >= 0.6 is 0 Å². The predicted octanol–water partition coefficient (Wildman–Crippen LogP) is 3.32. The fourth-order valence-corrected chi connectivity index (χ4v) is 6.88. The highest BCUT2D eigenvalue weighted by atomic mass is 32.2. The first-order chi connectivity index (χ1) is 20.6. The Morgan fingerprint density at radius 2 is 1.91 bits per heavy atom. The second-order valence-corrected chi connectivity index (χ2v) is 13.2. The number of fused-ring (bicyclic) bond motifs is 1. The van der Waals surface area contributed by atoms with Crippen LogP contribution in [0.5, 0.6) is 0 Å². The van der Waals surface area contributed by atoms with E-state index in [9.17, 15) is 17.6 Å². The average molecular weight is 610 g/mol. The molecule has 3 aliphatic heterocycles. The molecule has 0 spiro atoms. The quantitative estimate of drug-likeness (QED) is 0.370. The molecule has 4 heterocycles. The molecule has 0 saturated carbocycles. The van der Waals surface area contributed by atoms with E-state index in [0.29, 0.717) is 19.6 Å². The van der Waals surface area contributed by atoms with Crippen molar-refractivity contribution in [1.29, 1.82) is 0 Å². The maximum absolute atomic E-state index is 14.0. The smallest absolute Gasteiger partial charge is 0.229 e. The fraction of sp³-hybridized carbons (Fsp3) is 0.419. The maximum atomic E-state index is 14.0. The zero-order valence-corrected chi connectivity index (χ0v) is 25.3. The molecule has 1 atom stereocenters. The molecule has 1 amide bonds. The highest BCUT2D eigenvalue weighted by Crippen LogP contribution is 2.44. The Hall–Kier alpha value is -3.90. The van der Waals surface area contributed by atoms with Crippen molar-refractivity contribution >= 4 is 27.3 Å². The number of anilines is 2. The van der Waals surface area contributed by atoms with Gasteiger partial charge in [0.2, 0.25) is 15.9 Å². The van der Waals surface area contributed by atoms with Crippen LogP contribution in [0.4, 0.5) is 15.8 Å². The van der Waals surface area contributed by atoms with Crippen molar-refractivity contribution in [3.05, 3.63) is 90.3 Å². The Kier molecular flexibility index (Phi) is 9.36. The van der Waals surface area contributed by atoms with E-state index in [4.69, 9.17) is 5.73 Å². The van der Waals surface area contributed by atoms with Crippen LogP contribution in [0.3, 0.4) is 0 Å². The van der Waals surface area contributed by atoms with E-state index < -0.39 is 10.0 Å². The Balaban J connectivity index is 1.16. The first-order valence-electron chi connectivity index (χ1n) is 14.6. The summed E-state index contributed by atoms with van der Waals surface area (Å²) in [6, 6.07) is 10.9. The maximum Gasteiger partial charge on any atom is 0.229 e.